The number of hydrogen-bond acceptors (Lipinski definition) is 3. The lowest BCUT2D eigenvalue weighted by molar-refractivity contribution is 0.0308. The van der Waals surface area contributed by atoms with Crippen LogP contribution in [-0.2, 0) is 17.7 Å². The highest BCUT2D eigenvalue weighted by molar-refractivity contribution is 5.98. The van der Waals surface area contributed by atoms with Crippen molar-refractivity contribution in [1.82, 2.24) is 9.47 Å². The van der Waals surface area contributed by atoms with Crippen LogP contribution in [0.4, 0.5) is 0 Å². The molecular weight excluding hydrogens is 436 g/mol. The van der Waals surface area contributed by atoms with E-state index in [1.807, 2.05) is 6.07 Å². The zero-order valence-electron chi connectivity index (χ0n) is 21.1. The third kappa shape index (κ3) is 4.76. The molecule has 0 radical (unpaired) electrons. The number of rotatable bonds is 8. The molecule has 5 heteroatoms. The Balaban J connectivity index is 1.63. The summed E-state index contributed by atoms with van der Waals surface area (Å²) < 4.78 is 8.90. The van der Waals surface area contributed by atoms with Crippen LogP contribution in [0.1, 0.15) is 73.4 Å². The van der Waals surface area contributed by atoms with Crippen LogP contribution in [0.2, 0.25) is 0 Å². The van der Waals surface area contributed by atoms with Crippen molar-refractivity contribution in [2.24, 2.45) is 0 Å². The van der Waals surface area contributed by atoms with Crippen molar-refractivity contribution in [3.8, 4) is 11.3 Å². The van der Waals surface area contributed by atoms with Crippen LogP contribution < -0.4 is 0 Å². The Bertz CT molecular complexity index is 1190. The van der Waals surface area contributed by atoms with Crippen molar-refractivity contribution in [3.05, 3.63) is 59.2 Å². The van der Waals surface area contributed by atoms with Gasteiger partial charge in [0.2, 0.25) is 0 Å². The zero-order valence-corrected chi connectivity index (χ0v) is 21.1. The summed E-state index contributed by atoms with van der Waals surface area (Å²) in [6, 6.07) is 14.5. The number of nitrogens with zero attached hydrogens (tertiary/aromatic N) is 2. The molecule has 35 heavy (non-hydrogen) atoms. The maximum Gasteiger partial charge on any atom is 0.335 e. The Morgan fingerprint density at radius 2 is 1.86 bits per heavy atom. The maximum atomic E-state index is 11.9. The van der Waals surface area contributed by atoms with Gasteiger partial charge in [-0.15, -0.1) is 0 Å². The van der Waals surface area contributed by atoms with Gasteiger partial charge in [-0.1, -0.05) is 63.4 Å². The molecule has 5 nitrogen and oxygen atoms in total. The number of carbonyl (C=O) groups is 1. The minimum Gasteiger partial charge on any atom is -0.478 e. The molecule has 2 aliphatic rings. The first-order chi connectivity index (χ1) is 17.1. The summed E-state index contributed by atoms with van der Waals surface area (Å²) in [7, 11) is 0. The van der Waals surface area contributed by atoms with E-state index in [9.17, 15) is 9.90 Å². The topological polar surface area (TPSA) is 54.7 Å². The van der Waals surface area contributed by atoms with Crippen LogP contribution in [0.5, 0.6) is 0 Å². The number of benzene rings is 2. The molecule has 0 bridgehead atoms. The van der Waals surface area contributed by atoms with Gasteiger partial charge >= 0.3 is 5.97 Å². The fourth-order valence-corrected chi connectivity index (χ4v) is 6.24. The van der Waals surface area contributed by atoms with E-state index >= 15 is 0 Å². The predicted octanol–water partition coefficient (Wildman–Crippen LogP) is 6.34. The number of likely N-dealkylation sites (N-methyl/N-ethyl adjacent to an activating group) is 1. The standard InChI is InChI=1S/C30H38N2O3/c1-3-31(4-2)16-17-35-24-18-22-12-8-9-13-25(22)29-28(21-10-6-5-7-11-21)26-15-14-23(30(33)34)19-27(26)32(29)20-24/h8-9,12-15,19,21,24H,3-7,10-11,16-18,20H2,1-2H3,(H,33,34). The van der Waals surface area contributed by atoms with Crippen molar-refractivity contribution in [2.75, 3.05) is 26.2 Å². The Morgan fingerprint density at radius 1 is 1.09 bits per heavy atom. The van der Waals surface area contributed by atoms with E-state index in [4.69, 9.17) is 4.74 Å². The first-order valence-corrected chi connectivity index (χ1v) is 13.4. The Morgan fingerprint density at radius 3 is 2.60 bits per heavy atom. The molecular formula is C30H38N2O3. The number of aromatic carboxylic acids is 1. The number of aromatic nitrogens is 1. The van der Waals surface area contributed by atoms with Gasteiger partial charge in [-0.25, -0.2) is 4.79 Å². The molecule has 0 spiro atoms. The van der Waals surface area contributed by atoms with Gasteiger partial charge < -0.3 is 19.3 Å². The smallest absolute Gasteiger partial charge is 0.335 e. The van der Waals surface area contributed by atoms with Gasteiger partial charge in [0.05, 0.1) is 24.0 Å². The molecule has 5 rings (SSSR count). The highest BCUT2D eigenvalue weighted by atomic mass is 16.5. The SMILES string of the molecule is CCN(CC)CCOC1Cc2ccccc2-c2c(C3CCCCC3)c3ccc(C(=O)O)cc3n2C1. The lowest BCUT2D eigenvalue weighted by Gasteiger charge is -2.24. The second-order valence-electron chi connectivity index (χ2n) is 10.1. The fraction of sp³-hybridized carbons (Fsp3) is 0.500. The average Bonchev–Trinajstić information content (AvgIpc) is 3.10. The van der Waals surface area contributed by atoms with E-state index in [1.165, 1.54) is 59.9 Å². The molecule has 1 aliphatic heterocycles. The van der Waals surface area contributed by atoms with Crippen LogP contribution in [-0.4, -0.2) is 52.9 Å². The molecule has 1 saturated carbocycles. The van der Waals surface area contributed by atoms with Crippen molar-refractivity contribution in [3.63, 3.8) is 0 Å². The average molecular weight is 475 g/mol. The van der Waals surface area contributed by atoms with Crippen molar-refractivity contribution in [2.45, 2.75) is 70.9 Å². The molecule has 0 amide bonds. The Hall–Kier alpha value is -2.63. The third-order valence-electron chi connectivity index (χ3n) is 8.13. The number of ether oxygens (including phenoxy) is 1. The van der Waals surface area contributed by atoms with Crippen LogP contribution in [0.3, 0.4) is 0 Å². The van der Waals surface area contributed by atoms with E-state index in [0.717, 1.165) is 38.1 Å². The molecule has 2 heterocycles. The first kappa shape index (κ1) is 24.1. The van der Waals surface area contributed by atoms with Crippen LogP contribution >= 0.6 is 0 Å². The first-order valence-electron chi connectivity index (χ1n) is 13.4. The maximum absolute atomic E-state index is 11.9. The van der Waals surface area contributed by atoms with Gasteiger partial charge in [0.1, 0.15) is 0 Å². The summed E-state index contributed by atoms with van der Waals surface area (Å²) in [6.45, 7) is 8.83. The monoisotopic (exact) mass is 474 g/mol. The summed E-state index contributed by atoms with van der Waals surface area (Å²) in [5.74, 6) is -0.353. The third-order valence-corrected chi connectivity index (χ3v) is 8.13. The highest BCUT2D eigenvalue weighted by Gasteiger charge is 2.31. The number of carboxylic acids is 1. The summed E-state index contributed by atoms with van der Waals surface area (Å²) >= 11 is 0. The summed E-state index contributed by atoms with van der Waals surface area (Å²) in [5, 5.41) is 11.0. The van der Waals surface area contributed by atoms with Gasteiger partial charge in [-0.05, 0) is 55.1 Å². The molecule has 0 saturated heterocycles. The van der Waals surface area contributed by atoms with E-state index in [0.29, 0.717) is 18.1 Å². The quantitative estimate of drug-likeness (QED) is 0.414. The lowest BCUT2D eigenvalue weighted by atomic mass is 9.81. The number of carboxylic acid groups (broad SMARTS) is 1. The van der Waals surface area contributed by atoms with Crippen molar-refractivity contribution >= 4 is 16.9 Å². The lowest BCUT2D eigenvalue weighted by Crippen LogP contribution is -2.30. The predicted molar refractivity (Wildman–Crippen MR) is 141 cm³/mol. The van der Waals surface area contributed by atoms with Gasteiger partial charge in [-0.2, -0.15) is 0 Å². The summed E-state index contributed by atoms with van der Waals surface area (Å²) in [6.07, 6.45) is 7.19. The Labute approximate surface area is 208 Å². The molecule has 1 aromatic heterocycles. The molecule has 1 aliphatic carbocycles. The minimum atomic E-state index is -0.872. The van der Waals surface area contributed by atoms with Crippen LogP contribution in [0.25, 0.3) is 22.2 Å². The molecule has 1 atom stereocenters. The van der Waals surface area contributed by atoms with Gasteiger partial charge in [0.15, 0.2) is 0 Å². The minimum absolute atomic E-state index is 0.0521. The van der Waals surface area contributed by atoms with Gasteiger partial charge in [-0.3, -0.25) is 0 Å². The second kappa shape index (κ2) is 10.5. The van der Waals surface area contributed by atoms with Crippen molar-refractivity contribution < 1.29 is 14.6 Å². The molecule has 1 fully saturated rings. The summed E-state index contributed by atoms with van der Waals surface area (Å²) in [4.78, 5) is 14.3. The zero-order chi connectivity index (χ0) is 24.4. The van der Waals surface area contributed by atoms with E-state index in [2.05, 4.69) is 53.6 Å². The molecule has 2 aromatic carbocycles. The van der Waals surface area contributed by atoms with Crippen molar-refractivity contribution in [1.29, 1.82) is 0 Å². The molecule has 186 valence electrons. The number of hydrogen-bond donors (Lipinski definition) is 1. The number of fused-ring (bicyclic) bond motifs is 5. The summed E-state index contributed by atoms with van der Waals surface area (Å²) in [5.41, 5.74) is 6.72. The normalized spacial score (nSPS) is 18.4. The van der Waals surface area contributed by atoms with E-state index in [-0.39, 0.29) is 6.10 Å². The van der Waals surface area contributed by atoms with Crippen LogP contribution in [0, 0.1) is 0 Å². The fourth-order valence-electron chi connectivity index (χ4n) is 6.24. The molecule has 1 unspecified atom stereocenters. The highest BCUT2D eigenvalue weighted by Crippen LogP contribution is 2.46. The Kier molecular flexibility index (Phi) is 7.26. The second-order valence-corrected chi connectivity index (χ2v) is 10.1. The largest absolute Gasteiger partial charge is 0.478 e. The molecule has 1 N–H and O–H groups in total. The van der Waals surface area contributed by atoms with Gasteiger partial charge in [0, 0.05) is 36.0 Å². The van der Waals surface area contributed by atoms with E-state index in [1.54, 1.807) is 6.07 Å². The van der Waals surface area contributed by atoms with E-state index < -0.39 is 5.97 Å². The van der Waals surface area contributed by atoms with Gasteiger partial charge in [0.25, 0.3) is 0 Å². The van der Waals surface area contributed by atoms with Crippen LogP contribution in [0.15, 0.2) is 42.5 Å². The molecule has 3 aromatic rings.